The number of pyridine rings is 1. The minimum absolute atomic E-state index is 0.0425. The molecule has 37 heavy (non-hydrogen) atoms. The van der Waals surface area contributed by atoms with Crippen LogP contribution in [0.1, 0.15) is 54.8 Å². The maximum absolute atomic E-state index is 14.7. The van der Waals surface area contributed by atoms with Crippen molar-refractivity contribution in [2.75, 3.05) is 25.5 Å². The summed E-state index contributed by atoms with van der Waals surface area (Å²) in [5.41, 5.74) is 1.30. The number of carbonyl (C=O) groups is 1. The number of halogens is 6. The van der Waals surface area contributed by atoms with Crippen LogP contribution in [-0.2, 0) is 4.79 Å². The maximum Gasteiger partial charge on any atom is 0.471 e. The first-order valence-electron chi connectivity index (χ1n) is 11.7. The van der Waals surface area contributed by atoms with Crippen LogP contribution < -0.4 is 10.1 Å². The van der Waals surface area contributed by atoms with Crippen molar-refractivity contribution in [2.45, 2.75) is 44.3 Å². The van der Waals surface area contributed by atoms with Gasteiger partial charge >= 0.3 is 12.1 Å². The highest BCUT2D eigenvalue weighted by Crippen LogP contribution is 2.39. The molecule has 4 rings (SSSR count). The first-order chi connectivity index (χ1) is 17.5. The smallest absolute Gasteiger partial charge is 0.471 e. The summed E-state index contributed by atoms with van der Waals surface area (Å²) in [4.78, 5) is 16.8. The van der Waals surface area contributed by atoms with Gasteiger partial charge in [0.1, 0.15) is 11.6 Å². The molecule has 198 valence electrons. The van der Waals surface area contributed by atoms with Gasteiger partial charge in [0.05, 0.1) is 24.2 Å². The van der Waals surface area contributed by atoms with Crippen molar-refractivity contribution in [3.05, 3.63) is 65.1 Å². The number of alkyl halides is 5. The fraction of sp³-hybridized carbons (Fsp3) is 0.385. The van der Waals surface area contributed by atoms with E-state index in [1.165, 1.54) is 19.2 Å². The van der Waals surface area contributed by atoms with E-state index in [4.69, 9.17) is 4.74 Å². The van der Waals surface area contributed by atoms with Crippen molar-refractivity contribution in [2.24, 2.45) is 0 Å². The van der Waals surface area contributed by atoms with Crippen molar-refractivity contribution in [1.29, 1.82) is 0 Å². The number of anilines is 1. The Bertz CT molecular complexity index is 1290. The Morgan fingerprint density at radius 3 is 2.43 bits per heavy atom. The van der Waals surface area contributed by atoms with Gasteiger partial charge in [-0.3, -0.25) is 9.78 Å². The second-order valence-corrected chi connectivity index (χ2v) is 8.95. The number of carbonyl (C=O) groups excluding carboxylic acids is 1. The summed E-state index contributed by atoms with van der Waals surface area (Å²) >= 11 is 0. The van der Waals surface area contributed by atoms with Crippen LogP contribution in [0.4, 0.5) is 32.0 Å². The molecular weight excluding hydrogens is 500 g/mol. The molecule has 2 heterocycles. The van der Waals surface area contributed by atoms with Crippen molar-refractivity contribution in [3.63, 3.8) is 0 Å². The first-order valence-corrected chi connectivity index (χ1v) is 11.7. The van der Waals surface area contributed by atoms with Crippen LogP contribution in [0.3, 0.4) is 0 Å². The Balaban J connectivity index is 1.63. The number of ether oxygens (including phenoxy) is 1. The molecule has 2 aromatic carbocycles. The van der Waals surface area contributed by atoms with E-state index in [1.54, 1.807) is 25.3 Å². The summed E-state index contributed by atoms with van der Waals surface area (Å²) in [5.74, 6) is -2.47. The molecule has 1 aliphatic rings. The molecule has 0 saturated carbocycles. The molecule has 11 heteroatoms. The van der Waals surface area contributed by atoms with Crippen LogP contribution >= 0.6 is 0 Å². The van der Waals surface area contributed by atoms with Gasteiger partial charge in [-0.25, -0.2) is 13.2 Å². The fourth-order valence-electron chi connectivity index (χ4n) is 4.77. The van der Waals surface area contributed by atoms with Crippen molar-refractivity contribution >= 4 is 22.5 Å². The van der Waals surface area contributed by atoms with Crippen molar-refractivity contribution < 1.29 is 35.9 Å². The number of aromatic nitrogens is 1. The van der Waals surface area contributed by atoms with Gasteiger partial charge in [0.2, 0.25) is 0 Å². The molecular formula is C26H25F6N3O2. The lowest BCUT2D eigenvalue weighted by atomic mass is 9.87. The molecule has 1 aromatic heterocycles. The van der Waals surface area contributed by atoms with E-state index in [1.807, 2.05) is 6.07 Å². The van der Waals surface area contributed by atoms with E-state index in [-0.39, 0.29) is 24.6 Å². The highest BCUT2D eigenvalue weighted by Gasteiger charge is 2.43. The maximum atomic E-state index is 14.7. The average molecular weight is 525 g/mol. The Kier molecular flexibility index (Phi) is 7.52. The molecule has 0 spiro atoms. The number of rotatable bonds is 6. The number of methoxy groups -OCH3 is 1. The van der Waals surface area contributed by atoms with Gasteiger partial charge in [-0.05, 0) is 43.4 Å². The third kappa shape index (κ3) is 5.45. The minimum Gasteiger partial charge on any atom is -0.496 e. The highest BCUT2D eigenvalue weighted by atomic mass is 19.4. The van der Waals surface area contributed by atoms with Crippen molar-refractivity contribution in [3.8, 4) is 5.75 Å². The predicted molar refractivity (Wildman–Crippen MR) is 126 cm³/mol. The van der Waals surface area contributed by atoms with Gasteiger partial charge in [0, 0.05) is 42.0 Å². The van der Waals surface area contributed by atoms with E-state index in [9.17, 15) is 31.1 Å². The first kappa shape index (κ1) is 26.6. The average Bonchev–Trinajstić information content (AvgIpc) is 2.87. The number of hydrogen-bond acceptors (Lipinski definition) is 4. The predicted octanol–water partition coefficient (Wildman–Crippen LogP) is 6.76. The van der Waals surface area contributed by atoms with Crippen LogP contribution in [0, 0.1) is 5.82 Å². The highest BCUT2D eigenvalue weighted by molar-refractivity contribution is 5.93. The molecule has 1 atom stereocenters. The SMILES string of the molecule is COc1cc2nccc(NC(C)c3cccc(C(F)F)c3F)c2cc1C1CCN(C(=O)C(F)(F)F)CC1. The number of likely N-dealkylation sites (tertiary alicyclic amines) is 1. The number of amides is 1. The lowest BCUT2D eigenvalue weighted by Crippen LogP contribution is -2.45. The summed E-state index contributed by atoms with van der Waals surface area (Å²) in [6.45, 7) is 1.57. The Hall–Kier alpha value is -3.50. The van der Waals surface area contributed by atoms with E-state index in [2.05, 4.69) is 10.3 Å². The second kappa shape index (κ2) is 10.5. The summed E-state index contributed by atoms with van der Waals surface area (Å²) < 4.78 is 85.0. The number of benzene rings is 2. The summed E-state index contributed by atoms with van der Waals surface area (Å²) in [6, 6.07) is 8.42. The molecule has 1 saturated heterocycles. The van der Waals surface area contributed by atoms with Gasteiger partial charge in [-0.2, -0.15) is 13.2 Å². The number of hydrogen-bond donors (Lipinski definition) is 1. The van der Waals surface area contributed by atoms with Crippen molar-refractivity contribution in [1.82, 2.24) is 9.88 Å². The number of piperidine rings is 1. The van der Waals surface area contributed by atoms with Crippen LogP contribution in [0.25, 0.3) is 10.9 Å². The Labute approximate surface area is 209 Å². The largest absolute Gasteiger partial charge is 0.496 e. The molecule has 0 aliphatic carbocycles. The fourth-order valence-corrected chi connectivity index (χ4v) is 4.77. The molecule has 1 N–H and O–H groups in total. The molecule has 1 amide bonds. The molecule has 0 bridgehead atoms. The standard InChI is InChI=1S/C26H25F6N3O2/c1-14(16-4-3-5-17(23(16)27)24(28)29)34-20-6-9-33-21-13-22(37-2)18(12-19(20)21)15-7-10-35(11-8-15)25(36)26(30,31)32/h3-6,9,12-15,24H,7-8,10-11H2,1-2H3,(H,33,34). The summed E-state index contributed by atoms with van der Waals surface area (Å²) in [7, 11) is 1.48. The quantitative estimate of drug-likeness (QED) is 0.362. The van der Waals surface area contributed by atoms with E-state index < -0.39 is 35.9 Å². The topological polar surface area (TPSA) is 54.5 Å². The van der Waals surface area contributed by atoms with Crippen LogP contribution in [0.5, 0.6) is 5.75 Å². The zero-order chi connectivity index (χ0) is 26.9. The van der Waals surface area contributed by atoms with Gasteiger partial charge < -0.3 is 15.0 Å². The molecule has 5 nitrogen and oxygen atoms in total. The zero-order valence-corrected chi connectivity index (χ0v) is 20.1. The van der Waals surface area contributed by atoms with Crippen LogP contribution in [0.15, 0.2) is 42.6 Å². The summed E-state index contributed by atoms with van der Waals surface area (Å²) in [5, 5.41) is 3.83. The van der Waals surface area contributed by atoms with E-state index >= 15 is 0 Å². The third-order valence-electron chi connectivity index (χ3n) is 6.69. The third-order valence-corrected chi connectivity index (χ3v) is 6.69. The van der Waals surface area contributed by atoms with Gasteiger partial charge in [-0.15, -0.1) is 0 Å². The minimum atomic E-state index is -4.91. The zero-order valence-electron chi connectivity index (χ0n) is 20.1. The lowest BCUT2D eigenvalue weighted by Gasteiger charge is -2.33. The Morgan fingerprint density at radius 2 is 1.81 bits per heavy atom. The number of nitrogens with one attached hydrogen (secondary N) is 1. The van der Waals surface area contributed by atoms with Crippen LogP contribution in [-0.4, -0.2) is 42.2 Å². The van der Waals surface area contributed by atoms with Gasteiger partial charge in [0.25, 0.3) is 6.43 Å². The normalized spacial score (nSPS) is 15.8. The number of nitrogens with zero attached hydrogens (tertiary/aromatic N) is 2. The van der Waals surface area contributed by atoms with E-state index in [0.29, 0.717) is 35.2 Å². The second-order valence-electron chi connectivity index (χ2n) is 8.95. The van der Waals surface area contributed by atoms with Gasteiger partial charge in [-0.1, -0.05) is 18.2 Å². The summed E-state index contributed by atoms with van der Waals surface area (Å²) in [6.07, 6.45) is -5.68. The van der Waals surface area contributed by atoms with E-state index in [0.717, 1.165) is 16.5 Å². The molecule has 1 aliphatic heterocycles. The van der Waals surface area contributed by atoms with Gasteiger partial charge in [0.15, 0.2) is 0 Å². The monoisotopic (exact) mass is 525 g/mol. The van der Waals surface area contributed by atoms with Crippen LogP contribution in [0.2, 0.25) is 0 Å². The molecule has 1 fully saturated rings. The molecule has 0 radical (unpaired) electrons. The lowest BCUT2D eigenvalue weighted by molar-refractivity contribution is -0.186. The molecule has 3 aromatic rings. The number of fused-ring (bicyclic) bond motifs is 1. The Morgan fingerprint density at radius 1 is 1.14 bits per heavy atom. The molecule has 1 unspecified atom stereocenters.